The van der Waals surface area contributed by atoms with Gasteiger partial charge >= 0.3 is 5.97 Å². The maximum Gasteiger partial charge on any atom is 0.303 e. The first kappa shape index (κ1) is 20.1. The Kier molecular flexibility index (Phi) is 5.24. The van der Waals surface area contributed by atoms with Crippen LogP contribution in [-0.4, -0.2) is 39.8 Å². The van der Waals surface area contributed by atoms with E-state index in [1.807, 2.05) is 0 Å². The van der Waals surface area contributed by atoms with Crippen molar-refractivity contribution in [3.8, 4) is 0 Å². The first-order valence-electron chi connectivity index (χ1n) is 9.10. The number of hydrogen-bond acceptors (Lipinski definition) is 5. The molecule has 2 fully saturated rings. The molecule has 0 aromatic rings. The first-order chi connectivity index (χ1) is 11.3. The summed E-state index contributed by atoms with van der Waals surface area (Å²) in [6.07, 6.45) is 4.04. The van der Waals surface area contributed by atoms with Gasteiger partial charge in [0.1, 0.15) is 5.60 Å². The lowest BCUT2D eigenvalue weighted by molar-refractivity contribution is -0.262. The molecule has 6 unspecified atom stereocenters. The van der Waals surface area contributed by atoms with Crippen LogP contribution in [0.3, 0.4) is 0 Å². The molecule has 0 radical (unpaired) electrons. The molecule has 0 spiro atoms. The second-order valence-electron chi connectivity index (χ2n) is 9.02. The summed E-state index contributed by atoms with van der Waals surface area (Å²) in [6, 6.07) is 0. The molecule has 2 aliphatic rings. The van der Waals surface area contributed by atoms with E-state index in [-0.39, 0.29) is 17.1 Å². The average molecular weight is 352 g/mol. The Bertz CT molecular complexity index is 577. The number of ketones is 1. The Morgan fingerprint density at radius 2 is 1.72 bits per heavy atom. The third-order valence-corrected chi connectivity index (χ3v) is 6.47. The molecule has 2 rings (SSSR count). The van der Waals surface area contributed by atoms with E-state index in [1.54, 1.807) is 13.0 Å². The summed E-state index contributed by atoms with van der Waals surface area (Å²) in [5.74, 6) is -1.18. The van der Waals surface area contributed by atoms with Gasteiger partial charge < -0.3 is 14.9 Å². The number of esters is 1. The smallest absolute Gasteiger partial charge is 0.303 e. The van der Waals surface area contributed by atoms with E-state index in [0.29, 0.717) is 0 Å². The molecule has 25 heavy (non-hydrogen) atoms. The van der Waals surface area contributed by atoms with Crippen molar-refractivity contribution >= 4 is 11.8 Å². The predicted molar refractivity (Wildman–Crippen MR) is 94.7 cm³/mol. The zero-order valence-corrected chi connectivity index (χ0v) is 16.2. The molecule has 2 N–H and O–H groups in total. The number of aliphatic hydroxyl groups is 2. The molecule has 6 atom stereocenters. The highest BCUT2D eigenvalue weighted by Crippen LogP contribution is 2.62. The fourth-order valence-electron chi connectivity index (χ4n) is 5.71. The number of carbonyl (C=O) groups excluding carboxylic acids is 2. The highest BCUT2D eigenvalue weighted by atomic mass is 16.6. The monoisotopic (exact) mass is 352 g/mol. The Morgan fingerprint density at radius 3 is 2.24 bits per heavy atom. The minimum Gasteiger partial charge on any atom is -0.457 e. The standard InChI is InChI=1S/C20H32O5/c1-12(21)8-9-14-19(5)11-7-10-18(3,4)16(19)15(23)17(20(14,6)24)25-13(2)22/h8-9,14-17,23-24H,7,10-11H2,1-6H3. The molecule has 0 amide bonds. The molecule has 0 aromatic carbocycles. The van der Waals surface area contributed by atoms with Gasteiger partial charge in [-0.3, -0.25) is 9.59 Å². The van der Waals surface area contributed by atoms with Crippen LogP contribution in [0.15, 0.2) is 12.2 Å². The third-order valence-electron chi connectivity index (χ3n) is 6.47. The van der Waals surface area contributed by atoms with Crippen LogP contribution >= 0.6 is 0 Å². The summed E-state index contributed by atoms with van der Waals surface area (Å²) in [5, 5.41) is 22.4. The number of carbonyl (C=O) groups is 2. The highest BCUT2D eigenvalue weighted by molar-refractivity contribution is 5.87. The van der Waals surface area contributed by atoms with Crippen molar-refractivity contribution in [2.24, 2.45) is 22.7 Å². The van der Waals surface area contributed by atoms with Crippen molar-refractivity contribution in [1.29, 1.82) is 0 Å². The molecule has 142 valence electrons. The number of hydrogen-bond donors (Lipinski definition) is 2. The van der Waals surface area contributed by atoms with Crippen LogP contribution in [-0.2, 0) is 14.3 Å². The summed E-state index contributed by atoms with van der Waals surface area (Å²) in [5.41, 5.74) is -2.02. The van der Waals surface area contributed by atoms with Gasteiger partial charge in [-0.25, -0.2) is 0 Å². The van der Waals surface area contributed by atoms with Crippen LogP contribution in [0.5, 0.6) is 0 Å². The van der Waals surface area contributed by atoms with E-state index in [1.165, 1.54) is 19.9 Å². The molecule has 5 nitrogen and oxygen atoms in total. The van der Waals surface area contributed by atoms with Crippen molar-refractivity contribution in [3.05, 3.63) is 12.2 Å². The summed E-state index contributed by atoms with van der Waals surface area (Å²) in [4.78, 5) is 23.1. The maximum atomic E-state index is 11.6. The van der Waals surface area contributed by atoms with Gasteiger partial charge in [-0.15, -0.1) is 0 Å². The predicted octanol–water partition coefficient (Wildman–Crippen LogP) is 2.64. The zero-order chi connectivity index (χ0) is 19.2. The summed E-state index contributed by atoms with van der Waals surface area (Å²) < 4.78 is 5.39. The molecular weight excluding hydrogens is 320 g/mol. The van der Waals surface area contributed by atoms with Gasteiger partial charge in [0.15, 0.2) is 11.9 Å². The van der Waals surface area contributed by atoms with Crippen LogP contribution in [0.4, 0.5) is 0 Å². The van der Waals surface area contributed by atoms with E-state index >= 15 is 0 Å². The quantitative estimate of drug-likeness (QED) is 0.602. The fraction of sp³-hybridized carbons (Fsp3) is 0.800. The molecule has 0 bridgehead atoms. The van der Waals surface area contributed by atoms with Crippen molar-refractivity contribution in [2.45, 2.75) is 78.6 Å². The second kappa shape index (κ2) is 6.51. The Balaban J connectivity index is 2.60. The van der Waals surface area contributed by atoms with Crippen molar-refractivity contribution < 1.29 is 24.5 Å². The molecule has 5 heteroatoms. The molecular formula is C20H32O5. The van der Waals surface area contributed by atoms with Crippen LogP contribution in [0.25, 0.3) is 0 Å². The molecule has 0 aromatic heterocycles. The van der Waals surface area contributed by atoms with E-state index < -0.39 is 35.1 Å². The van der Waals surface area contributed by atoms with E-state index in [4.69, 9.17) is 4.74 Å². The minimum atomic E-state index is -1.46. The Labute approximate surface area is 150 Å². The molecule has 0 saturated heterocycles. The molecule has 0 aliphatic heterocycles. The summed E-state index contributed by atoms with van der Waals surface area (Å²) in [7, 11) is 0. The molecule has 0 heterocycles. The van der Waals surface area contributed by atoms with E-state index in [2.05, 4.69) is 20.8 Å². The number of fused-ring (bicyclic) bond motifs is 1. The molecule has 2 aliphatic carbocycles. The SMILES string of the molecule is CC(=O)C=CC1C(C)(O)C(OC(C)=O)C(O)C2C(C)(C)CCCC21C. The Morgan fingerprint density at radius 1 is 1.12 bits per heavy atom. The normalized spacial score (nSPS) is 43.5. The van der Waals surface area contributed by atoms with Crippen molar-refractivity contribution in [3.63, 3.8) is 0 Å². The van der Waals surface area contributed by atoms with Gasteiger partial charge in [0.05, 0.1) is 6.10 Å². The first-order valence-corrected chi connectivity index (χ1v) is 9.10. The summed E-state index contributed by atoms with van der Waals surface area (Å²) >= 11 is 0. The second-order valence-corrected chi connectivity index (χ2v) is 9.02. The van der Waals surface area contributed by atoms with E-state index in [0.717, 1.165) is 19.3 Å². The number of allylic oxidation sites excluding steroid dienone is 1. The largest absolute Gasteiger partial charge is 0.457 e. The van der Waals surface area contributed by atoms with E-state index in [9.17, 15) is 19.8 Å². The van der Waals surface area contributed by atoms with Gasteiger partial charge in [-0.1, -0.05) is 33.3 Å². The number of rotatable bonds is 3. The zero-order valence-electron chi connectivity index (χ0n) is 16.2. The van der Waals surface area contributed by atoms with Crippen molar-refractivity contribution in [1.82, 2.24) is 0 Å². The molecule has 2 saturated carbocycles. The summed E-state index contributed by atoms with van der Waals surface area (Å²) in [6.45, 7) is 10.7. The lowest BCUT2D eigenvalue weighted by atomic mass is 9.44. The van der Waals surface area contributed by atoms with Crippen LogP contribution < -0.4 is 0 Å². The van der Waals surface area contributed by atoms with Gasteiger partial charge in [-0.2, -0.15) is 0 Å². The van der Waals surface area contributed by atoms with Gasteiger partial charge in [0, 0.05) is 12.8 Å². The highest BCUT2D eigenvalue weighted by Gasteiger charge is 2.65. The van der Waals surface area contributed by atoms with Crippen LogP contribution in [0.1, 0.15) is 60.8 Å². The van der Waals surface area contributed by atoms with Gasteiger partial charge in [0.2, 0.25) is 0 Å². The minimum absolute atomic E-state index is 0.0961. The fourth-order valence-corrected chi connectivity index (χ4v) is 5.71. The van der Waals surface area contributed by atoms with Crippen LogP contribution in [0.2, 0.25) is 0 Å². The lowest BCUT2D eigenvalue weighted by Crippen LogP contribution is -2.70. The lowest BCUT2D eigenvalue weighted by Gasteiger charge is -2.63. The average Bonchev–Trinajstić information content (AvgIpc) is 2.41. The maximum absolute atomic E-state index is 11.6. The number of aliphatic hydroxyl groups excluding tert-OH is 1. The topological polar surface area (TPSA) is 83.8 Å². The van der Waals surface area contributed by atoms with Gasteiger partial charge in [-0.05, 0) is 49.5 Å². The van der Waals surface area contributed by atoms with Gasteiger partial charge in [0.25, 0.3) is 0 Å². The number of ether oxygens (including phenoxy) is 1. The third kappa shape index (κ3) is 3.41. The van der Waals surface area contributed by atoms with Crippen LogP contribution in [0, 0.1) is 22.7 Å². The van der Waals surface area contributed by atoms with Crippen molar-refractivity contribution in [2.75, 3.05) is 0 Å². The Hall–Kier alpha value is -1.20.